The van der Waals surface area contributed by atoms with Gasteiger partial charge in [0.1, 0.15) is 23.3 Å². The highest BCUT2D eigenvalue weighted by molar-refractivity contribution is 7.99. The van der Waals surface area contributed by atoms with Crippen molar-refractivity contribution in [1.29, 1.82) is 0 Å². The minimum Gasteiger partial charge on any atom is -0.352 e. The van der Waals surface area contributed by atoms with Crippen LogP contribution < -0.4 is 10.6 Å². The van der Waals surface area contributed by atoms with Crippen LogP contribution in [-0.2, 0) is 17.5 Å². The second-order valence-corrected chi connectivity index (χ2v) is 13.0. The van der Waals surface area contributed by atoms with Crippen LogP contribution in [0.2, 0.25) is 5.02 Å². The largest absolute Gasteiger partial charge is 0.417 e. The zero-order chi connectivity index (χ0) is 33.9. The number of amides is 1. The van der Waals surface area contributed by atoms with E-state index in [0.717, 1.165) is 30.1 Å². The van der Waals surface area contributed by atoms with E-state index in [9.17, 15) is 18.4 Å². The normalized spacial score (nSPS) is 20.0. The summed E-state index contributed by atoms with van der Waals surface area (Å²) in [6.45, 7) is 7.17. The number of hydrogen-bond donors (Lipinski definition) is 0. The molecule has 0 bridgehead atoms. The van der Waals surface area contributed by atoms with Crippen molar-refractivity contribution in [3.63, 3.8) is 0 Å². The first-order valence-electron chi connectivity index (χ1n) is 14.5. The number of pyridine rings is 1. The smallest absolute Gasteiger partial charge is 0.352 e. The lowest BCUT2D eigenvalue weighted by Crippen LogP contribution is -2.58. The van der Waals surface area contributed by atoms with Gasteiger partial charge in [-0.3, -0.25) is 14.3 Å². The van der Waals surface area contributed by atoms with Crippen LogP contribution in [0.4, 0.5) is 32.2 Å². The molecule has 1 saturated heterocycles. The van der Waals surface area contributed by atoms with E-state index in [2.05, 4.69) is 16.5 Å². The third-order valence-corrected chi connectivity index (χ3v) is 10.1. The fraction of sp³-hybridized carbons (Fsp3) is 0.312. The summed E-state index contributed by atoms with van der Waals surface area (Å²) in [5.41, 5.74) is -3.09. The van der Waals surface area contributed by atoms with E-state index in [1.807, 2.05) is 0 Å². The molecule has 0 aliphatic carbocycles. The number of alkyl halides is 3. The van der Waals surface area contributed by atoms with E-state index >= 15 is 17.6 Å². The molecule has 4 heterocycles. The molecule has 246 valence electrons. The van der Waals surface area contributed by atoms with Gasteiger partial charge in [0.2, 0.25) is 5.91 Å². The Morgan fingerprint density at radius 3 is 2.40 bits per heavy atom. The van der Waals surface area contributed by atoms with Gasteiger partial charge in [-0.15, -0.1) is 11.8 Å². The zero-order valence-corrected chi connectivity index (χ0v) is 26.5. The molecule has 4 aromatic rings. The maximum absolute atomic E-state index is 15.4. The van der Waals surface area contributed by atoms with Crippen LogP contribution in [0.15, 0.2) is 59.0 Å². The van der Waals surface area contributed by atoms with E-state index in [4.69, 9.17) is 11.6 Å². The molecule has 6 rings (SSSR count). The summed E-state index contributed by atoms with van der Waals surface area (Å²) in [7, 11) is 0. The number of piperazine rings is 1. The molecule has 0 radical (unpaired) electrons. The highest BCUT2D eigenvalue weighted by Crippen LogP contribution is 2.50. The number of benzene rings is 2. The van der Waals surface area contributed by atoms with E-state index in [1.165, 1.54) is 22.9 Å². The third-order valence-electron chi connectivity index (χ3n) is 8.51. The van der Waals surface area contributed by atoms with Gasteiger partial charge < -0.3 is 9.80 Å². The molecule has 0 N–H and O–H groups in total. The molecule has 2 aromatic carbocycles. The summed E-state index contributed by atoms with van der Waals surface area (Å²) in [6, 6.07) is 2.58. The molecule has 1 amide bonds. The highest BCUT2D eigenvalue weighted by Gasteiger charge is 2.40. The number of halogens is 7. The maximum atomic E-state index is 15.4. The Balaban J connectivity index is 1.67. The van der Waals surface area contributed by atoms with Crippen LogP contribution in [0.3, 0.4) is 0 Å². The highest BCUT2D eigenvalue weighted by atomic mass is 35.5. The number of carbonyl (C=O) groups is 1. The first-order valence-corrected chi connectivity index (χ1v) is 15.8. The summed E-state index contributed by atoms with van der Waals surface area (Å²) in [4.78, 5) is 37.6. The first-order chi connectivity index (χ1) is 22.2. The standard InChI is InChI=1S/C32H26ClF6N5O2S/c1-4-26(45)44-15(2)11-42(12-16(44)3)30-20-7-21(32(37,38)39)27(19-8-22(33)24(35)9-23(19)34)29-28(20)43(31(46)41-30)13-17(14-47-29)18-5-6-40-10-25(18)36/h4-10,15-17H,1,11-14H2,2-3H3. The van der Waals surface area contributed by atoms with Gasteiger partial charge in [0.05, 0.1) is 22.3 Å². The summed E-state index contributed by atoms with van der Waals surface area (Å²) in [5.74, 6) is -4.20. The van der Waals surface area contributed by atoms with Crippen molar-refractivity contribution in [2.24, 2.45) is 0 Å². The Kier molecular flexibility index (Phi) is 8.54. The first kappa shape index (κ1) is 32.9. The molecule has 2 aromatic heterocycles. The Morgan fingerprint density at radius 1 is 1.06 bits per heavy atom. The average molecular weight is 694 g/mol. The predicted molar refractivity (Wildman–Crippen MR) is 167 cm³/mol. The monoisotopic (exact) mass is 693 g/mol. The fourth-order valence-corrected chi connectivity index (χ4v) is 8.08. The van der Waals surface area contributed by atoms with Gasteiger partial charge >= 0.3 is 11.9 Å². The Morgan fingerprint density at radius 2 is 1.77 bits per heavy atom. The minimum atomic E-state index is -5.05. The summed E-state index contributed by atoms with van der Waals surface area (Å²) in [6.07, 6.45) is -1.51. The minimum absolute atomic E-state index is 0.00620. The van der Waals surface area contributed by atoms with E-state index in [-0.39, 0.29) is 58.5 Å². The van der Waals surface area contributed by atoms with Gasteiger partial charge in [0.25, 0.3) is 0 Å². The molecular weight excluding hydrogens is 668 g/mol. The van der Waals surface area contributed by atoms with Crippen LogP contribution in [-0.4, -0.2) is 56.3 Å². The Bertz CT molecular complexity index is 1990. The molecule has 0 saturated carbocycles. The van der Waals surface area contributed by atoms with Crippen LogP contribution in [0.5, 0.6) is 0 Å². The predicted octanol–water partition coefficient (Wildman–Crippen LogP) is 7.05. The van der Waals surface area contributed by atoms with Crippen LogP contribution in [0.1, 0.15) is 30.9 Å². The lowest BCUT2D eigenvalue weighted by molar-refractivity contribution is -0.137. The van der Waals surface area contributed by atoms with Gasteiger partial charge in [0.15, 0.2) is 0 Å². The Hall–Kier alpha value is -4.04. The second kappa shape index (κ2) is 12.2. The summed E-state index contributed by atoms with van der Waals surface area (Å²) >= 11 is 6.85. The summed E-state index contributed by atoms with van der Waals surface area (Å²) < 4.78 is 90.8. The molecule has 3 unspecified atom stereocenters. The molecule has 2 aliphatic heterocycles. The zero-order valence-electron chi connectivity index (χ0n) is 24.9. The molecule has 0 spiro atoms. The average Bonchev–Trinajstić information content (AvgIpc) is 3.21. The van der Waals surface area contributed by atoms with Gasteiger partial charge in [-0.05, 0) is 43.7 Å². The number of rotatable bonds is 4. The van der Waals surface area contributed by atoms with E-state index in [0.29, 0.717) is 6.07 Å². The number of thioether (sulfide) groups is 1. The van der Waals surface area contributed by atoms with Gasteiger partial charge in [0, 0.05) is 77.1 Å². The van der Waals surface area contributed by atoms with E-state index < -0.39 is 69.0 Å². The molecular formula is C32H26ClF6N5O2S. The van der Waals surface area contributed by atoms with Crippen molar-refractivity contribution in [1.82, 2.24) is 19.4 Å². The third kappa shape index (κ3) is 5.75. The van der Waals surface area contributed by atoms with Gasteiger partial charge in [-0.1, -0.05) is 18.2 Å². The quantitative estimate of drug-likeness (QED) is 0.130. The van der Waals surface area contributed by atoms with Crippen LogP contribution >= 0.6 is 23.4 Å². The molecule has 15 heteroatoms. The lowest BCUT2D eigenvalue weighted by atomic mass is 9.95. The molecule has 1 fully saturated rings. The number of anilines is 1. The van der Waals surface area contributed by atoms with Crippen molar-refractivity contribution >= 4 is 46.0 Å². The van der Waals surface area contributed by atoms with Crippen molar-refractivity contribution in [3.8, 4) is 11.1 Å². The van der Waals surface area contributed by atoms with E-state index in [1.54, 1.807) is 23.6 Å². The van der Waals surface area contributed by atoms with Gasteiger partial charge in [-0.25, -0.2) is 18.0 Å². The lowest BCUT2D eigenvalue weighted by Gasteiger charge is -2.44. The van der Waals surface area contributed by atoms with Crippen molar-refractivity contribution in [2.75, 3.05) is 23.7 Å². The van der Waals surface area contributed by atoms with Crippen molar-refractivity contribution in [3.05, 3.63) is 93.4 Å². The Labute approximate surface area is 273 Å². The number of hydrogen-bond acceptors (Lipinski definition) is 6. The van der Waals surface area contributed by atoms with Crippen molar-refractivity contribution in [2.45, 2.75) is 49.5 Å². The second-order valence-electron chi connectivity index (χ2n) is 11.6. The SMILES string of the molecule is C=CC(=O)N1C(C)CN(c2nc(=O)n3c4c(c(-c5cc(Cl)c(F)cc5F)c(C(F)(F)F)cc24)SCC(c2ccncc2F)C3)CC1C. The maximum Gasteiger partial charge on any atom is 0.417 e. The van der Waals surface area contributed by atoms with Crippen LogP contribution in [0, 0.1) is 17.5 Å². The number of carbonyl (C=O) groups excluding carboxylic acids is 1. The molecule has 3 atom stereocenters. The van der Waals surface area contributed by atoms with Crippen LogP contribution in [0.25, 0.3) is 22.0 Å². The van der Waals surface area contributed by atoms with Crippen molar-refractivity contribution < 1.29 is 31.1 Å². The molecule has 7 nitrogen and oxygen atoms in total. The summed E-state index contributed by atoms with van der Waals surface area (Å²) in [5, 5.41) is -0.643. The van der Waals surface area contributed by atoms with Gasteiger partial charge in [-0.2, -0.15) is 18.2 Å². The molecule has 47 heavy (non-hydrogen) atoms. The molecule has 2 aliphatic rings. The number of nitrogens with zero attached hydrogens (tertiary/aromatic N) is 5. The number of aromatic nitrogens is 3. The topological polar surface area (TPSA) is 71.3 Å². The fourth-order valence-electron chi connectivity index (χ4n) is 6.55.